The Bertz CT molecular complexity index is 451. The highest BCUT2D eigenvalue weighted by Gasteiger charge is 2.18. The normalized spacial score (nSPS) is 15.0. The van der Waals surface area contributed by atoms with Crippen LogP contribution in [0.4, 0.5) is 0 Å². The lowest BCUT2D eigenvalue weighted by molar-refractivity contribution is 0.174. The van der Waals surface area contributed by atoms with Gasteiger partial charge in [0.15, 0.2) is 11.5 Å². The van der Waals surface area contributed by atoms with Crippen LogP contribution in [-0.2, 0) is 0 Å². The first-order valence-corrected chi connectivity index (χ1v) is 7.50. The van der Waals surface area contributed by atoms with Crippen molar-refractivity contribution in [3.05, 3.63) is 23.8 Å². The fourth-order valence-electron chi connectivity index (χ4n) is 2.55. The molecule has 5 nitrogen and oxygen atoms in total. The van der Waals surface area contributed by atoms with Crippen molar-refractivity contribution in [3.8, 4) is 11.5 Å². The van der Waals surface area contributed by atoms with E-state index >= 15 is 0 Å². The van der Waals surface area contributed by atoms with Gasteiger partial charge < -0.3 is 24.6 Å². The Morgan fingerprint density at radius 3 is 2.62 bits per heavy atom. The Morgan fingerprint density at radius 2 is 1.90 bits per heavy atom. The predicted molar refractivity (Wildman–Crippen MR) is 85.0 cm³/mol. The van der Waals surface area contributed by atoms with Crippen LogP contribution in [0.5, 0.6) is 11.5 Å². The van der Waals surface area contributed by atoms with Crippen LogP contribution >= 0.6 is 0 Å². The highest BCUT2D eigenvalue weighted by molar-refractivity contribution is 5.45. The molecule has 1 aromatic carbocycles. The molecule has 21 heavy (non-hydrogen) atoms. The lowest BCUT2D eigenvalue weighted by Gasteiger charge is -2.24. The molecule has 1 unspecified atom stereocenters. The summed E-state index contributed by atoms with van der Waals surface area (Å²) in [5, 5.41) is 3.39. The third-order valence-electron chi connectivity index (χ3n) is 3.79. The lowest BCUT2D eigenvalue weighted by atomic mass is 10.1. The zero-order valence-electron chi connectivity index (χ0n) is 13.6. The van der Waals surface area contributed by atoms with Crippen molar-refractivity contribution in [3.63, 3.8) is 0 Å². The molecule has 2 rings (SSSR count). The van der Waals surface area contributed by atoms with Crippen molar-refractivity contribution in [2.75, 3.05) is 54.6 Å². The summed E-state index contributed by atoms with van der Waals surface area (Å²) < 4.78 is 10.8. The fraction of sp³-hybridized carbons (Fsp3) is 0.625. The molecule has 1 aromatic rings. The SMILES string of the molecule is CNC(CN(C)CCCN(C)C)c1ccc2c(c1)OCO2. The zero-order valence-corrected chi connectivity index (χ0v) is 13.6. The first kappa shape index (κ1) is 16.1. The maximum Gasteiger partial charge on any atom is 0.231 e. The number of likely N-dealkylation sites (N-methyl/N-ethyl adjacent to an activating group) is 2. The summed E-state index contributed by atoms with van der Waals surface area (Å²) in [6, 6.07) is 6.48. The molecule has 0 amide bonds. The molecular formula is C16H27N3O2. The molecule has 0 saturated heterocycles. The van der Waals surface area contributed by atoms with Crippen LogP contribution < -0.4 is 14.8 Å². The largest absolute Gasteiger partial charge is 0.454 e. The number of hydrogen-bond acceptors (Lipinski definition) is 5. The van der Waals surface area contributed by atoms with E-state index in [2.05, 4.69) is 48.4 Å². The minimum Gasteiger partial charge on any atom is -0.454 e. The molecule has 118 valence electrons. The summed E-state index contributed by atoms with van der Waals surface area (Å²) in [5.41, 5.74) is 1.24. The van der Waals surface area contributed by atoms with E-state index in [1.54, 1.807) is 0 Å². The molecular weight excluding hydrogens is 266 g/mol. The Morgan fingerprint density at radius 1 is 1.14 bits per heavy atom. The molecule has 0 bridgehead atoms. The molecule has 5 heteroatoms. The van der Waals surface area contributed by atoms with Gasteiger partial charge in [0.1, 0.15) is 0 Å². The third kappa shape index (κ3) is 4.59. The molecule has 0 saturated carbocycles. The standard InChI is InChI=1S/C16H27N3O2/c1-17-14(11-19(4)9-5-8-18(2)3)13-6-7-15-16(10-13)21-12-20-15/h6-7,10,14,17H,5,8-9,11-12H2,1-4H3. The summed E-state index contributed by atoms with van der Waals surface area (Å²) >= 11 is 0. The quantitative estimate of drug-likeness (QED) is 0.787. The van der Waals surface area contributed by atoms with Gasteiger partial charge in [0.05, 0.1) is 0 Å². The van der Waals surface area contributed by atoms with Crippen LogP contribution in [0.2, 0.25) is 0 Å². The zero-order chi connectivity index (χ0) is 15.2. The number of fused-ring (bicyclic) bond motifs is 1. The molecule has 0 aromatic heterocycles. The molecule has 0 radical (unpaired) electrons. The van der Waals surface area contributed by atoms with Gasteiger partial charge in [0.25, 0.3) is 0 Å². The van der Waals surface area contributed by atoms with Crippen LogP contribution in [0.25, 0.3) is 0 Å². The van der Waals surface area contributed by atoms with E-state index in [1.807, 2.05) is 13.1 Å². The molecule has 1 atom stereocenters. The minimum absolute atomic E-state index is 0.295. The van der Waals surface area contributed by atoms with Gasteiger partial charge in [-0.2, -0.15) is 0 Å². The number of nitrogens with zero attached hydrogens (tertiary/aromatic N) is 2. The summed E-state index contributed by atoms with van der Waals surface area (Å²) in [5.74, 6) is 1.69. The van der Waals surface area contributed by atoms with E-state index in [-0.39, 0.29) is 0 Å². The van der Waals surface area contributed by atoms with Crippen molar-refractivity contribution in [2.24, 2.45) is 0 Å². The third-order valence-corrected chi connectivity index (χ3v) is 3.79. The molecule has 0 spiro atoms. The van der Waals surface area contributed by atoms with E-state index in [4.69, 9.17) is 9.47 Å². The van der Waals surface area contributed by atoms with E-state index in [0.29, 0.717) is 12.8 Å². The number of rotatable bonds is 8. The van der Waals surface area contributed by atoms with E-state index < -0.39 is 0 Å². The van der Waals surface area contributed by atoms with Crippen molar-refractivity contribution in [2.45, 2.75) is 12.5 Å². The van der Waals surface area contributed by atoms with Crippen LogP contribution in [0, 0.1) is 0 Å². The van der Waals surface area contributed by atoms with Gasteiger partial charge in [0.2, 0.25) is 6.79 Å². The van der Waals surface area contributed by atoms with Gasteiger partial charge in [-0.05, 0) is 65.4 Å². The van der Waals surface area contributed by atoms with Gasteiger partial charge in [-0.15, -0.1) is 0 Å². The molecule has 1 heterocycles. The van der Waals surface area contributed by atoms with Crippen LogP contribution in [0.1, 0.15) is 18.0 Å². The molecule has 0 aliphatic carbocycles. The van der Waals surface area contributed by atoms with Gasteiger partial charge in [-0.25, -0.2) is 0 Å². The monoisotopic (exact) mass is 293 g/mol. The number of nitrogens with one attached hydrogen (secondary N) is 1. The van der Waals surface area contributed by atoms with Crippen LogP contribution in [0.15, 0.2) is 18.2 Å². The van der Waals surface area contributed by atoms with Crippen LogP contribution in [-0.4, -0.2) is 64.4 Å². The topological polar surface area (TPSA) is 37.0 Å². The van der Waals surface area contributed by atoms with Crippen molar-refractivity contribution in [1.82, 2.24) is 15.1 Å². The van der Waals surface area contributed by atoms with Crippen molar-refractivity contribution in [1.29, 1.82) is 0 Å². The van der Waals surface area contributed by atoms with Gasteiger partial charge >= 0.3 is 0 Å². The fourth-order valence-corrected chi connectivity index (χ4v) is 2.55. The maximum atomic E-state index is 5.46. The number of ether oxygens (including phenoxy) is 2. The highest BCUT2D eigenvalue weighted by atomic mass is 16.7. The maximum absolute atomic E-state index is 5.46. The highest BCUT2D eigenvalue weighted by Crippen LogP contribution is 2.34. The first-order chi connectivity index (χ1) is 10.1. The summed E-state index contributed by atoms with van der Waals surface area (Å²) in [6.45, 7) is 3.52. The average molecular weight is 293 g/mol. The van der Waals surface area contributed by atoms with E-state index in [0.717, 1.165) is 31.1 Å². The number of benzene rings is 1. The van der Waals surface area contributed by atoms with Crippen LogP contribution in [0.3, 0.4) is 0 Å². The summed E-state index contributed by atoms with van der Waals surface area (Å²) in [7, 11) is 8.40. The molecule has 1 aliphatic rings. The second-order valence-corrected chi connectivity index (χ2v) is 5.87. The van der Waals surface area contributed by atoms with Crippen molar-refractivity contribution < 1.29 is 9.47 Å². The Balaban J connectivity index is 1.90. The minimum atomic E-state index is 0.295. The van der Waals surface area contributed by atoms with Gasteiger partial charge in [-0.3, -0.25) is 0 Å². The smallest absolute Gasteiger partial charge is 0.231 e. The second kappa shape index (κ2) is 7.64. The lowest BCUT2D eigenvalue weighted by Crippen LogP contribution is -2.32. The van der Waals surface area contributed by atoms with Gasteiger partial charge in [0, 0.05) is 12.6 Å². The average Bonchev–Trinajstić information content (AvgIpc) is 2.91. The Kier molecular flexibility index (Phi) is 5.85. The Hall–Kier alpha value is -1.30. The summed E-state index contributed by atoms with van der Waals surface area (Å²) in [6.07, 6.45) is 1.18. The van der Waals surface area contributed by atoms with E-state index in [9.17, 15) is 0 Å². The predicted octanol–water partition coefficient (Wildman–Crippen LogP) is 1.56. The molecule has 0 fully saturated rings. The number of hydrogen-bond donors (Lipinski definition) is 1. The van der Waals surface area contributed by atoms with Crippen molar-refractivity contribution >= 4 is 0 Å². The Labute approximate surface area is 127 Å². The molecule has 1 aliphatic heterocycles. The van der Waals surface area contributed by atoms with E-state index in [1.165, 1.54) is 12.0 Å². The second-order valence-electron chi connectivity index (χ2n) is 5.87. The summed E-state index contributed by atoms with van der Waals surface area (Å²) in [4.78, 5) is 4.59. The molecule has 1 N–H and O–H groups in total. The first-order valence-electron chi connectivity index (χ1n) is 7.50. The van der Waals surface area contributed by atoms with Gasteiger partial charge in [-0.1, -0.05) is 6.07 Å².